The third-order valence-corrected chi connectivity index (χ3v) is 7.12. The maximum Gasteiger partial charge on any atom is 0.246 e. The van der Waals surface area contributed by atoms with E-state index in [-0.39, 0.29) is 23.3 Å². The molecule has 1 saturated heterocycles. The summed E-state index contributed by atoms with van der Waals surface area (Å²) in [6.07, 6.45) is 1.13. The molecule has 9 heteroatoms. The van der Waals surface area contributed by atoms with Crippen molar-refractivity contribution < 1.29 is 22.7 Å². The van der Waals surface area contributed by atoms with Gasteiger partial charge in [0.1, 0.15) is 11.8 Å². The fraction of sp³-hybridized carbons (Fsp3) is 0.364. The molecule has 2 aromatic rings. The number of para-hydroxylation sites is 1. The summed E-state index contributed by atoms with van der Waals surface area (Å²) in [7, 11) is -2.21. The molecule has 0 unspecified atom stereocenters. The zero-order valence-corrected chi connectivity index (χ0v) is 18.4. The van der Waals surface area contributed by atoms with Crippen LogP contribution in [0.2, 0.25) is 0 Å². The third kappa shape index (κ3) is 5.62. The molecule has 1 aliphatic heterocycles. The van der Waals surface area contributed by atoms with Crippen LogP contribution < -0.4 is 15.4 Å². The van der Waals surface area contributed by atoms with Gasteiger partial charge in [-0.3, -0.25) is 9.59 Å². The fourth-order valence-corrected chi connectivity index (χ4v) is 4.96. The predicted octanol–water partition coefficient (Wildman–Crippen LogP) is 2.24. The van der Waals surface area contributed by atoms with Gasteiger partial charge >= 0.3 is 0 Å². The van der Waals surface area contributed by atoms with Gasteiger partial charge in [-0.15, -0.1) is 0 Å². The Kier molecular flexibility index (Phi) is 7.29. The second-order valence-corrected chi connectivity index (χ2v) is 9.40. The number of ether oxygens (including phenoxy) is 1. The van der Waals surface area contributed by atoms with Crippen LogP contribution in [0.3, 0.4) is 0 Å². The second-order valence-electron chi connectivity index (χ2n) is 7.46. The average molecular weight is 446 g/mol. The number of amides is 2. The molecule has 0 spiro atoms. The first-order valence-electron chi connectivity index (χ1n) is 10.1. The number of anilines is 1. The maximum absolute atomic E-state index is 13.0. The first-order valence-corrected chi connectivity index (χ1v) is 11.6. The molecule has 2 amide bonds. The number of rotatable bonds is 7. The summed E-state index contributed by atoms with van der Waals surface area (Å²) >= 11 is 0. The Morgan fingerprint density at radius 1 is 1.10 bits per heavy atom. The second kappa shape index (κ2) is 9.93. The standard InChI is InChI=1S/C22H27N3O5S/c1-16(21(26)24-18-8-4-3-5-9-18)23-22(27)17-7-6-14-25(15-17)31(28,29)20-12-10-19(30-2)11-13-20/h3-5,8-13,16-17H,6-7,14-15H2,1-2H3,(H,23,27)(H,24,26)/t16-,17-/m1/s1. The van der Waals surface area contributed by atoms with Crippen molar-refractivity contribution in [2.75, 3.05) is 25.5 Å². The number of carbonyl (C=O) groups excluding carboxylic acids is 2. The van der Waals surface area contributed by atoms with Gasteiger partial charge in [0.05, 0.1) is 17.9 Å². The number of benzene rings is 2. The molecule has 2 aromatic carbocycles. The van der Waals surface area contributed by atoms with Crippen LogP contribution in [0.25, 0.3) is 0 Å². The van der Waals surface area contributed by atoms with Crippen molar-refractivity contribution in [3.63, 3.8) is 0 Å². The van der Waals surface area contributed by atoms with Gasteiger partial charge in [-0.25, -0.2) is 8.42 Å². The molecule has 0 saturated carbocycles. The van der Waals surface area contributed by atoms with Gasteiger partial charge < -0.3 is 15.4 Å². The molecule has 8 nitrogen and oxygen atoms in total. The van der Waals surface area contributed by atoms with Crippen LogP contribution in [0, 0.1) is 5.92 Å². The molecule has 3 rings (SSSR count). The zero-order chi connectivity index (χ0) is 22.4. The highest BCUT2D eigenvalue weighted by atomic mass is 32.2. The van der Waals surface area contributed by atoms with E-state index in [9.17, 15) is 18.0 Å². The van der Waals surface area contributed by atoms with E-state index < -0.39 is 22.0 Å². The normalized spacial score (nSPS) is 18.1. The van der Waals surface area contributed by atoms with Gasteiger partial charge in [-0.2, -0.15) is 4.31 Å². The van der Waals surface area contributed by atoms with E-state index in [4.69, 9.17) is 4.74 Å². The lowest BCUT2D eigenvalue weighted by atomic mass is 9.98. The summed E-state index contributed by atoms with van der Waals surface area (Å²) < 4.78 is 32.4. The number of carbonyl (C=O) groups is 2. The minimum Gasteiger partial charge on any atom is -0.497 e. The van der Waals surface area contributed by atoms with E-state index in [1.165, 1.54) is 23.5 Å². The van der Waals surface area contributed by atoms with E-state index in [1.54, 1.807) is 43.3 Å². The van der Waals surface area contributed by atoms with E-state index in [1.807, 2.05) is 6.07 Å². The van der Waals surface area contributed by atoms with Gasteiger partial charge in [0, 0.05) is 18.8 Å². The van der Waals surface area contributed by atoms with Crippen molar-refractivity contribution >= 4 is 27.5 Å². The van der Waals surface area contributed by atoms with Crippen molar-refractivity contribution in [2.24, 2.45) is 5.92 Å². The summed E-state index contributed by atoms with van der Waals surface area (Å²) in [4.78, 5) is 25.2. The van der Waals surface area contributed by atoms with Crippen LogP contribution in [0.15, 0.2) is 59.5 Å². The van der Waals surface area contributed by atoms with Crippen LogP contribution >= 0.6 is 0 Å². The maximum atomic E-state index is 13.0. The van der Waals surface area contributed by atoms with Crippen molar-refractivity contribution in [2.45, 2.75) is 30.7 Å². The number of hydrogen-bond acceptors (Lipinski definition) is 5. The summed E-state index contributed by atoms with van der Waals surface area (Å²) in [5, 5.41) is 5.45. The van der Waals surface area contributed by atoms with E-state index in [2.05, 4.69) is 10.6 Å². The highest BCUT2D eigenvalue weighted by molar-refractivity contribution is 7.89. The minimum absolute atomic E-state index is 0.0766. The lowest BCUT2D eigenvalue weighted by Crippen LogP contribution is -2.49. The molecule has 1 heterocycles. The van der Waals surface area contributed by atoms with Crippen LogP contribution in [0.1, 0.15) is 19.8 Å². The van der Waals surface area contributed by atoms with Crippen molar-refractivity contribution in [1.82, 2.24) is 9.62 Å². The van der Waals surface area contributed by atoms with E-state index in [0.717, 1.165) is 0 Å². The molecular weight excluding hydrogens is 418 g/mol. The quantitative estimate of drug-likeness (QED) is 0.680. The molecule has 0 aliphatic carbocycles. The van der Waals surface area contributed by atoms with Crippen LogP contribution in [-0.2, 0) is 19.6 Å². The van der Waals surface area contributed by atoms with E-state index >= 15 is 0 Å². The third-order valence-electron chi connectivity index (χ3n) is 5.25. The molecular formula is C22H27N3O5S. The number of sulfonamides is 1. The number of nitrogens with zero attached hydrogens (tertiary/aromatic N) is 1. The summed E-state index contributed by atoms with van der Waals surface area (Å²) in [5.41, 5.74) is 0.642. The van der Waals surface area contributed by atoms with Gasteiger partial charge in [0.2, 0.25) is 21.8 Å². The molecule has 2 atom stereocenters. The molecule has 31 heavy (non-hydrogen) atoms. The Bertz CT molecular complexity index is 1010. The number of nitrogens with one attached hydrogen (secondary N) is 2. The largest absolute Gasteiger partial charge is 0.497 e. The molecule has 0 aromatic heterocycles. The first kappa shape index (κ1) is 22.8. The first-order chi connectivity index (χ1) is 14.8. The van der Waals surface area contributed by atoms with Gasteiger partial charge in [0.15, 0.2) is 0 Å². The summed E-state index contributed by atoms with van der Waals surface area (Å²) in [5.74, 6) is -0.616. The molecule has 2 N–H and O–H groups in total. The lowest BCUT2D eigenvalue weighted by Gasteiger charge is -2.31. The Morgan fingerprint density at radius 2 is 1.77 bits per heavy atom. The molecule has 1 fully saturated rings. The van der Waals surface area contributed by atoms with E-state index in [0.29, 0.717) is 30.8 Å². The Hall–Kier alpha value is -2.91. The summed E-state index contributed by atoms with van der Waals surface area (Å²) in [6.45, 7) is 2.03. The Balaban J connectivity index is 1.61. The monoisotopic (exact) mass is 445 g/mol. The minimum atomic E-state index is -3.72. The average Bonchev–Trinajstić information content (AvgIpc) is 2.79. The highest BCUT2D eigenvalue weighted by Crippen LogP contribution is 2.25. The lowest BCUT2D eigenvalue weighted by molar-refractivity contribution is -0.129. The van der Waals surface area contributed by atoms with Crippen LogP contribution in [-0.4, -0.2) is 50.8 Å². The van der Waals surface area contributed by atoms with Gasteiger partial charge in [-0.1, -0.05) is 18.2 Å². The summed E-state index contributed by atoms with van der Waals surface area (Å²) in [6, 6.07) is 14.4. The molecule has 0 radical (unpaired) electrons. The molecule has 166 valence electrons. The SMILES string of the molecule is COc1ccc(S(=O)(=O)N2CCC[C@@H](C(=O)N[C@H](C)C(=O)Nc3ccccc3)C2)cc1. The Labute approximate surface area is 182 Å². The number of hydrogen-bond donors (Lipinski definition) is 2. The highest BCUT2D eigenvalue weighted by Gasteiger charge is 2.34. The van der Waals surface area contributed by atoms with Crippen LogP contribution in [0.4, 0.5) is 5.69 Å². The Morgan fingerprint density at radius 3 is 2.42 bits per heavy atom. The number of piperidine rings is 1. The fourth-order valence-electron chi connectivity index (χ4n) is 3.44. The van der Waals surface area contributed by atoms with Crippen LogP contribution in [0.5, 0.6) is 5.75 Å². The van der Waals surface area contributed by atoms with Gasteiger partial charge in [0.25, 0.3) is 0 Å². The smallest absolute Gasteiger partial charge is 0.246 e. The predicted molar refractivity (Wildman–Crippen MR) is 117 cm³/mol. The molecule has 0 bridgehead atoms. The van der Waals surface area contributed by atoms with Gasteiger partial charge in [-0.05, 0) is 56.2 Å². The van der Waals surface area contributed by atoms with Crippen molar-refractivity contribution in [1.29, 1.82) is 0 Å². The zero-order valence-electron chi connectivity index (χ0n) is 17.6. The van der Waals surface area contributed by atoms with Crippen molar-refractivity contribution in [3.05, 3.63) is 54.6 Å². The molecule has 1 aliphatic rings. The number of methoxy groups -OCH3 is 1. The van der Waals surface area contributed by atoms with Crippen molar-refractivity contribution in [3.8, 4) is 5.75 Å². The topological polar surface area (TPSA) is 105 Å².